The van der Waals surface area contributed by atoms with Crippen LogP contribution in [0.3, 0.4) is 0 Å². The topological polar surface area (TPSA) is 61.2 Å². The molecule has 0 radical (unpaired) electrons. The van der Waals surface area contributed by atoms with Gasteiger partial charge < -0.3 is 0 Å². The molecule has 0 saturated carbocycles. The number of nitrogens with zero attached hydrogens (tertiary/aromatic N) is 2. The van der Waals surface area contributed by atoms with Crippen LogP contribution in [0, 0.1) is 11.3 Å². The molecule has 1 aromatic rings. The molecular weight excluding hydrogens is 272 g/mol. The highest BCUT2D eigenvalue weighted by atomic mass is 32.2. The third-order valence-corrected chi connectivity index (χ3v) is 5.85. The number of benzene rings is 1. The summed E-state index contributed by atoms with van der Waals surface area (Å²) in [4.78, 5) is 0.289. The number of hydrogen-bond donors (Lipinski definition) is 0. The van der Waals surface area contributed by atoms with Gasteiger partial charge in [-0.25, -0.2) is 8.42 Å². The molecule has 0 aromatic heterocycles. The Labute approximate surface area is 121 Å². The molecule has 108 valence electrons. The van der Waals surface area contributed by atoms with E-state index in [1.807, 2.05) is 13.0 Å². The molecule has 0 bridgehead atoms. The Balaban J connectivity index is 2.33. The van der Waals surface area contributed by atoms with Gasteiger partial charge in [-0.2, -0.15) is 9.57 Å². The van der Waals surface area contributed by atoms with Crippen molar-refractivity contribution in [2.45, 2.75) is 50.0 Å². The molecule has 1 heterocycles. The highest BCUT2D eigenvalue weighted by Gasteiger charge is 2.31. The lowest BCUT2D eigenvalue weighted by atomic mass is 10.1. The van der Waals surface area contributed by atoms with Gasteiger partial charge in [-0.1, -0.05) is 19.8 Å². The second kappa shape index (κ2) is 6.38. The normalized spacial score (nSPS) is 21.1. The van der Waals surface area contributed by atoms with Crippen LogP contribution >= 0.6 is 0 Å². The van der Waals surface area contributed by atoms with Crippen molar-refractivity contribution in [1.29, 1.82) is 5.26 Å². The summed E-state index contributed by atoms with van der Waals surface area (Å²) in [6.07, 6.45) is 4.89. The van der Waals surface area contributed by atoms with Crippen molar-refractivity contribution in [2.24, 2.45) is 0 Å². The third-order valence-electron chi connectivity index (χ3n) is 3.88. The Morgan fingerprint density at radius 3 is 2.55 bits per heavy atom. The predicted molar refractivity (Wildman–Crippen MR) is 77.6 cm³/mol. The highest BCUT2D eigenvalue weighted by molar-refractivity contribution is 7.89. The molecule has 1 atom stereocenters. The van der Waals surface area contributed by atoms with Gasteiger partial charge in [-0.05, 0) is 43.5 Å². The summed E-state index contributed by atoms with van der Waals surface area (Å²) in [7, 11) is -3.45. The lowest BCUT2D eigenvalue weighted by Crippen LogP contribution is -2.39. The van der Waals surface area contributed by atoms with Crippen LogP contribution < -0.4 is 0 Å². The van der Waals surface area contributed by atoms with E-state index < -0.39 is 10.0 Å². The average molecular weight is 292 g/mol. The van der Waals surface area contributed by atoms with Crippen molar-refractivity contribution in [2.75, 3.05) is 6.54 Å². The molecule has 1 aliphatic rings. The summed E-state index contributed by atoms with van der Waals surface area (Å²) in [5.74, 6) is 0. The largest absolute Gasteiger partial charge is 0.243 e. The van der Waals surface area contributed by atoms with Crippen molar-refractivity contribution in [3.05, 3.63) is 29.8 Å². The summed E-state index contributed by atoms with van der Waals surface area (Å²) in [5, 5.41) is 8.79. The first-order valence-corrected chi connectivity index (χ1v) is 8.55. The van der Waals surface area contributed by atoms with Crippen LogP contribution in [0.1, 0.15) is 44.6 Å². The molecule has 4 nitrogen and oxygen atoms in total. The molecule has 0 amide bonds. The van der Waals surface area contributed by atoms with Gasteiger partial charge in [-0.3, -0.25) is 0 Å². The van der Waals surface area contributed by atoms with Crippen molar-refractivity contribution >= 4 is 10.0 Å². The van der Waals surface area contributed by atoms with Crippen LogP contribution in [0.15, 0.2) is 29.2 Å². The number of rotatable bonds is 3. The minimum absolute atomic E-state index is 0.0955. The summed E-state index contributed by atoms with van der Waals surface area (Å²) in [5.41, 5.74) is 0.479. The molecule has 1 fully saturated rings. The van der Waals surface area contributed by atoms with Crippen LogP contribution in [0.5, 0.6) is 0 Å². The number of sulfonamides is 1. The Hall–Kier alpha value is -1.38. The van der Waals surface area contributed by atoms with E-state index in [9.17, 15) is 8.42 Å². The number of hydrogen-bond acceptors (Lipinski definition) is 3. The molecule has 1 aromatic carbocycles. The Morgan fingerprint density at radius 2 is 1.95 bits per heavy atom. The third kappa shape index (κ3) is 3.02. The second-order valence-corrected chi connectivity index (χ2v) is 7.05. The predicted octanol–water partition coefficient (Wildman–Crippen LogP) is 2.90. The van der Waals surface area contributed by atoms with Crippen molar-refractivity contribution in [1.82, 2.24) is 4.31 Å². The van der Waals surface area contributed by atoms with Gasteiger partial charge >= 0.3 is 0 Å². The first-order chi connectivity index (χ1) is 9.59. The van der Waals surface area contributed by atoms with E-state index in [2.05, 4.69) is 0 Å². The highest BCUT2D eigenvalue weighted by Crippen LogP contribution is 2.26. The maximum Gasteiger partial charge on any atom is 0.243 e. The van der Waals surface area contributed by atoms with Crippen LogP contribution in [0.25, 0.3) is 0 Å². The van der Waals surface area contributed by atoms with Gasteiger partial charge in [-0.15, -0.1) is 0 Å². The van der Waals surface area contributed by atoms with Gasteiger partial charge in [0.05, 0.1) is 16.5 Å². The lowest BCUT2D eigenvalue weighted by Gasteiger charge is -2.28. The van der Waals surface area contributed by atoms with E-state index in [0.29, 0.717) is 12.1 Å². The van der Waals surface area contributed by atoms with E-state index in [-0.39, 0.29) is 10.9 Å². The first kappa shape index (κ1) is 15.0. The van der Waals surface area contributed by atoms with Gasteiger partial charge in [0.1, 0.15) is 0 Å². The van der Waals surface area contributed by atoms with E-state index in [4.69, 9.17) is 5.26 Å². The molecule has 2 rings (SSSR count). The molecule has 5 heteroatoms. The second-order valence-electron chi connectivity index (χ2n) is 5.16. The minimum Gasteiger partial charge on any atom is -0.207 e. The van der Waals surface area contributed by atoms with Crippen molar-refractivity contribution in [3.8, 4) is 6.07 Å². The zero-order valence-corrected chi connectivity index (χ0v) is 12.6. The Bertz CT molecular complexity index is 587. The molecule has 1 unspecified atom stereocenters. The van der Waals surface area contributed by atoms with Crippen LogP contribution in [-0.2, 0) is 10.0 Å². The number of nitriles is 1. The fourth-order valence-electron chi connectivity index (χ4n) is 2.71. The molecule has 0 spiro atoms. The SMILES string of the molecule is CCC1CCCCCN1S(=O)(=O)c1ccc(C#N)cc1. The first-order valence-electron chi connectivity index (χ1n) is 7.11. The molecule has 1 saturated heterocycles. The summed E-state index contributed by atoms with van der Waals surface area (Å²) >= 11 is 0. The molecule has 0 N–H and O–H groups in total. The molecule has 1 aliphatic heterocycles. The van der Waals surface area contributed by atoms with Gasteiger partial charge in [0.2, 0.25) is 10.0 Å². The van der Waals surface area contributed by atoms with Crippen molar-refractivity contribution in [3.63, 3.8) is 0 Å². The van der Waals surface area contributed by atoms with Gasteiger partial charge in [0.15, 0.2) is 0 Å². The summed E-state index contributed by atoms with van der Waals surface area (Å²) < 4.78 is 27.2. The van der Waals surface area contributed by atoms with Crippen LogP contribution in [0.4, 0.5) is 0 Å². The minimum atomic E-state index is -3.45. The van der Waals surface area contributed by atoms with Crippen molar-refractivity contribution < 1.29 is 8.42 Å². The van der Waals surface area contributed by atoms with E-state index in [0.717, 1.165) is 32.1 Å². The standard InChI is InChI=1S/C15H20N2O2S/c1-2-14-6-4-3-5-11-17(14)20(18,19)15-9-7-13(12-16)8-10-15/h7-10,14H,2-6,11H2,1H3. The van der Waals surface area contributed by atoms with Crippen LogP contribution in [0.2, 0.25) is 0 Å². The quantitative estimate of drug-likeness (QED) is 0.860. The Morgan fingerprint density at radius 1 is 1.25 bits per heavy atom. The summed E-state index contributed by atoms with van der Waals surface area (Å²) in [6.45, 7) is 2.64. The monoisotopic (exact) mass is 292 g/mol. The van der Waals surface area contributed by atoms with E-state index in [1.54, 1.807) is 16.4 Å². The maximum absolute atomic E-state index is 12.8. The van der Waals surface area contributed by atoms with Crippen LogP contribution in [-0.4, -0.2) is 25.3 Å². The van der Waals surface area contributed by atoms with Gasteiger partial charge in [0.25, 0.3) is 0 Å². The maximum atomic E-state index is 12.8. The van der Waals surface area contributed by atoms with E-state index >= 15 is 0 Å². The molecular formula is C15H20N2O2S. The summed E-state index contributed by atoms with van der Waals surface area (Å²) in [6, 6.07) is 8.29. The fraction of sp³-hybridized carbons (Fsp3) is 0.533. The zero-order valence-electron chi connectivity index (χ0n) is 11.7. The zero-order chi connectivity index (χ0) is 14.6. The smallest absolute Gasteiger partial charge is 0.207 e. The molecule has 0 aliphatic carbocycles. The van der Waals surface area contributed by atoms with Gasteiger partial charge in [0, 0.05) is 12.6 Å². The van der Waals surface area contributed by atoms with E-state index in [1.165, 1.54) is 12.1 Å². The average Bonchev–Trinajstić information content (AvgIpc) is 2.73. The molecule has 20 heavy (non-hydrogen) atoms. The fourth-order valence-corrected chi connectivity index (χ4v) is 4.48. The lowest BCUT2D eigenvalue weighted by molar-refractivity contribution is 0.315. The Kier molecular flexibility index (Phi) is 4.79.